The second-order valence-corrected chi connectivity index (χ2v) is 5.99. The topological polar surface area (TPSA) is 33.4 Å². The highest BCUT2D eigenvalue weighted by atomic mass is 16.3. The van der Waals surface area contributed by atoms with E-state index in [0.29, 0.717) is 6.61 Å². The Morgan fingerprint density at radius 1 is 1.00 bits per heavy atom. The van der Waals surface area contributed by atoms with Crippen molar-refractivity contribution in [2.75, 3.05) is 6.61 Å². The van der Waals surface area contributed by atoms with E-state index in [9.17, 15) is 0 Å². The summed E-state index contributed by atoms with van der Waals surface area (Å²) in [6, 6.07) is 4.21. The Hall–Kier alpha value is -0.760. The van der Waals surface area contributed by atoms with E-state index >= 15 is 0 Å². The number of unbranched alkanes of at least 4 members (excludes halogenated alkanes) is 3. The van der Waals surface area contributed by atoms with Gasteiger partial charge in [-0.3, -0.25) is 0 Å². The zero-order chi connectivity index (χ0) is 12.7. The van der Waals surface area contributed by atoms with Crippen LogP contribution in [0.3, 0.4) is 0 Å². The zero-order valence-electron chi connectivity index (χ0n) is 11.5. The van der Waals surface area contributed by atoms with Crippen LogP contribution >= 0.6 is 0 Å². The Balaban J connectivity index is 2.26. The quantitative estimate of drug-likeness (QED) is 0.729. The van der Waals surface area contributed by atoms with Gasteiger partial charge in [-0.2, -0.15) is 0 Å². The third kappa shape index (κ3) is 6.52. The lowest BCUT2D eigenvalue weighted by Crippen LogP contribution is -2.08. The Bertz CT molecular complexity index is 307. The predicted molar refractivity (Wildman–Crippen MR) is 71.1 cm³/mol. The van der Waals surface area contributed by atoms with Gasteiger partial charge in [-0.05, 0) is 30.4 Å². The molecule has 0 fully saturated rings. The summed E-state index contributed by atoms with van der Waals surface area (Å²) in [6.07, 6.45) is 6.39. The molecule has 0 aliphatic heterocycles. The molecule has 98 valence electrons. The summed E-state index contributed by atoms with van der Waals surface area (Å²) in [5.74, 6) is 2.20. The van der Waals surface area contributed by atoms with Gasteiger partial charge in [0.05, 0.1) is 0 Å². The first-order valence-electron chi connectivity index (χ1n) is 6.70. The van der Waals surface area contributed by atoms with E-state index in [-0.39, 0.29) is 5.41 Å². The van der Waals surface area contributed by atoms with Crippen molar-refractivity contribution in [2.45, 2.75) is 59.3 Å². The second-order valence-electron chi connectivity index (χ2n) is 5.99. The maximum Gasteiger partial charge on any atom is 0.104 e. The molecule has 0 unspecified atom stereocenters. The molecule has 0 saturated carbocycles. The van der Waals surface area contributed by atoms with Crippen LogP contribution in [0.2, 0.25) is 0 Å². The molecule has 2 nitrogen and oxygen atoms in total. The normalized spacial score (nSPS) is 12.0. The molecule has 0 aromatic carbocycles. The fourth-order valence-corrected chi connectivity index (χ4v) is 1.94. The molecule has 0 amide bonds. The number of aliphatic hydroxyl groups is 1. The van der Waals surface area contributed by atoms with E-state index < -0.39 is 0 Å². The molecule has 1 N–H and O–H groups in total. The maximum atomic E-state index is 8.68. The molecule has 17 heavy (non-hydrogen) atoms. The minimum Gasteiger partial charge on any atom is -0.466 e. The van der Waals surface area contributed by atoms with E-state index in [1.807, 2.05) is 0 Å². The number of aliphatic hydroxyl groups excluding tert-OH is 1. The number of furan rings is 1. The van der Waals surface area contributed by atoms with Crippen molar-refractivity contribution in [3.05, 3.63) is 23.7 Å². The fourth-order valence-electron chi connectivity index (χ4n) is 1.94. The van der Waals surface area contributed by atoms with Crippen LogP contribution in [0.15, 0.2) is 16.5 Å². The van der Waals surface area contributed by atoms with Gasteiger partial charge in [0.25, 0.3) is 0 Å². The molecule has 1 heterocycles. The average Bonchev–Trinajstić information content (AvgIpc) is 2.63. The van der Waals surface area contributed by atoms with Crippen molar-refractivity contribution in [1.29, 1.82) is 0 Å². The van der Waals surface area contributed by atoms with E-state index in [0.717, 1.165) is 43.6 Å². The first-order chi connectivity index (χ1) is 8.01. The van der Waals surface area contributed by atoms with E-state index in [2.05, 4.69) is 32.9 Å². The molecule has 1 aromatic rings. The average molecular weight is 238 g/mol. The van der Waals surface area contributed by atoms with Gasteiger partial charge in [-0.15, -0.1) is 0 Å². The van der Waals surface area contributed by atoms with Crippen molar-refractivity contribution in [2.24, 2.45) is 5.41 Å². The summed E-state index contributed by atoms with van der Waals surface area (Å²) in [5, 5.41) is 8.68. The van der Waals surface area contributed by atoms with Gasteiger partial charge in [0.15, 0.2) is 0 Å². The van der Waals surface area contributed by atoms with Gasteiger partial charge in [-0.1, -0.05) is 33.6 Å². The lowest BCUT2D eigenvalue weighted by molar-refractivity contribution is 0.282. The summed E-state index contributed by atoms with van der Waals surface area (Å²) >= 11 is 0. The van der Waals surface area contributed by atoms with Crippen molar-refractivity contribution in [3.63, 3.8) is 0 Å². The van der Waals surface area contributed by atoms with Crippen LogP contribution < -0.4 is 0 Å². The first kappa shape index (κ1) is 14.3. The molecule has 0 saturated heterocycles. The Morgan fingerprint density at radius 3 is 2.29 bits per heavy atom. The minimum absolute atomic E-state index is 0.288. The molecule has 0 spiro atoms. The molecular formula is C15H26O2. The summed E-state index contributed by atoms with van der Waals surface area (Å²) in [4.78, 5) is 0. The molecule has 0 radical (unpaired) electrons. The third-order valence-electron chi connectivity index (χ3n) is 2.75. The molecular weight excluding hydrogens is 212 g/mol. The summed E-state index contributed by atoms with van der Waals surface area (Å²) in [7, 11) is 0. The van der Waals surface area contributed by atoms with E-state index in [1.165, 1.54) is 6.42 Å². The molecule has 1 rings (SSSR count). The van der Waals surface area contributed by atoms with Crippen molar-refractivity contribution in [3.8, 4) is 0 Å². The number of rotatable bonds is 7. The van der Waals surface area contributed by atoms with Crippen LogP contribution in [0.4, 0.5) is 0 Å². The largest absolute Gasteiger partial charge is 0.466 e. The van der Waals surface area contributed by atoms with Crippen LogP contribution in [0.5, 0.6) is 0 Å². The van der Waals surface area contributed by atoms with E-state index in [4.69, 9.17) is 9.52 Å². The van der Waals surface area contributed by atoms with Crippen LogP contribution in [0.25, 0.3) is 0 Å². The van der Waals surface area contributed by atoms with E-state index in [1.54, 1.807) is 0 Å². The molecule has 0 aliphatic carbocycles. The summed E-state index contributed by atoms with van der Waals surface area (Å²) < 4.78 is 5.82. The van der Waals surface area contributed by atoms with Gasteiger partial charge < -0.3 is 9.52 Å². The minimum atomic E-state index is 0.288. The zero-order valence-corrected chi connectivity index (χ0v) is 11.5. The second kappa shape index (κ2) is 6.85. The number of aryl methyl sites for hydroxylation is 1. The van der Waals surface area contributed by atoms with Crippen molar-refractivity contribution in [1.82, 2.24) is 0 Å². The SMILES string of the molecule is CC(C)(C)Cc1ccc(CCCCCCO)o1. The fraction of sp³-hybridized carbons (Fsp3) is 0.733. The third-order valence-corrected chi connectivity index (χ3v) is 2.75. The highest BCUT2D eigenvalue weighted by Crippen LogP contribution is 2.22. The molecule has 2 heteroatoms. The number of hydrogen-bond donors (Lipinski definition) is 1. The predicted octanol–water partition coefficient (Wildman–Crippen LogP) is 3.96. The van der Waals surface area contributed by atoms with Gasteiger partial charge in [0.2, 0.25) is 0 Å². The molecule has 0 atom stereocenters. The lowest BCUT2D eigenvalue weighted by Gasteiger charge is -2.15. The van der Waals surface area contributed by atoms with Gasteiger partial charge in [0.1, 0.15) is 11.5 Å². The standard InChI is InChI=1S/C15H26O2/c1-15(2,3)12-14-10-9-13(17-14)8-6-4-5-7-11-16/h9-10,16H,4-8,11-12H2,1-3H3. The van der Waals surface area contributed by atoms with Gasteiger partial charge in [0, 0.05) is 19.4 Å². The van der Waals surface area contributed by atoms with Gasteiger partial charge >= 0.3 is 0 Å². The van der Waals surface area contributed by atoms with Crippen LogP contribution in [0, 0.1) is 5.41 Å². The van der Waals surface area contributed by atoms with Crippen LogP contribution in [-0.2, 0) is 12.8 Å². The smallest absolute Gasteiger partial charge is 0.104 e. The van der Waals surface area contributed by atoms with Crippen molar-refractivity contribution < 1.29 is 9.52 Å². The van der Waals surface area contributed by atoms with Crippen LogP contribution in [0.1, 0.15) is 58.0 Å². The maximum absolute atomic E-state index is 8.68. The molecule has 1 aromatic heterocycles. The Kier molecular flexibility index (Phi) is 5.76. The summed E-state index contributed by atoms with van der Waals surface area (Å²) in [5.41, 5.74) is 0.288. The lowest BCUT2D eigenvalue weighted by atomic mass is 9.91. The molecule has 0 aliphatic rings. The van der Waals surface area contributed by atoms with Gasteiger partial charge in [-0.25, -0.2) is 0 Å². The highest BCUT2D eigenvalue weighted by Gasteiger charge is 2.13. The summed E-state index contributed by atoms with van der Waals surface area (Å²) in [6.45, 7) is 6.99. The Labute approximate surface area is 105 Å². The first-order valence-corrected chi connectivity index (χ1v) is 6.70. The Morgan fingerprint density at radius 2 is 1.65 bits per heavy atom. The molecule has 0 bridgehead atoms. The highest BCUT2D eigenvalue weighted by molar-refractivity contribution is 5.08. The number of hydrogen-bond acceptors (Lipinski definition) is 2. The van der Waals surface area contributed by atoms with Crippen LogP contribution in [-0.4, -0.2) is 11.7 Å². The van der Waals surface area contributed by atoms with Crippen molar-refractivity contribution >= 4 is 0 Å². The monoisotopic (exact) mass is 238 g/mol.